The molecular weight excluding hydrogens is 154 g/mol. The van der Waals surface area contributed by atoms with Crippen molar-refractivity contribution in [1.82, 2.24) is 5.32 Å². The van der Waals surface area contributed by atoms with Crippen LogP contribution in [0.15, 0.2) is 0 Å². The van der Waals surface area contributed by atoms with Crippen LogP contribution in [0.2, 0.25) is 0 Å². The lowest BCUT2D eigenvalue weighted by molar-refractivity contribution is 0.261. The third kappa shape index (κ3) is 2.49. The van der Waals surface area contributed by atoms with Crippen LogP contribution in [0.25, 0.3) is 0 Å². The van der Waals surface area contributed by atoms with Crippen molar-refractivity contribution in [3.63, 3.8) is 0 Å². The summed E-state index contributed by atoms with van der Waals surface area (Å²) >= 11 is 5.48. The molecule has 1 heterocycles. The lowest BCUT2D eigenvalue weighted by Gasteiger charge is -2.24. The fourth-order valence-corrected chi connectivity index (χ4v) is 1.51. The van der Waals surface area contributed by atoms with Gasteiger partial charge in [0.25, 0.3) is 5.24 Å². The van der Waals surface area contributed by atoms with Crippen LogP contribution in [0.3, 0.4) is 0 Å². The van der Waals surface area contributed by atoms with E-state index in [4.69, 9.17) is 0 Å². The quantitative estimate of drug-likeness (QED) is 0.598. The van der Waals surface area contributed by atoms with E-state index >= 15 is 0 Å². The van der Waals surface area contributed by atoms with Crippen LogP contribution >= 0.6 is 24.4 Å². The first-order valence-corrected chi connectivity index (χ1v) is 4.37. The van der Waals surface area contributed by atoms with Gasteiger partial charge in [-0.1, -0.05) is 12.6 Å². The summed E-state index contributed by atoms with van der Waals surface area (Å²) in [5.74, 6) is 1.24. The third-order valence-corrected chi connectivity index (χ3v) is 2.78. The zero-order valence-electron chi connectivity index (χ0n) is 4.96. The van der Waals surface area contributed by atoms with E-state index in [1.54, 1.807) is 0 Å². The van der Waals surface area contributed by atoms with Gasteiger partial charge in [0.05, 0.1) is 0 Å². The maximum absolute atomic E-state index is 10.2. The normalized spacial score (nSPS) is 24.8. The monoisotopic (exact) mass is 163 g/mol. The highest BCUT2D eigenvalue weighted by Crippen LogP contribution is 2.26. The van der Waals surface area contributed by atoms with Gasteiger partial charge in [-0.15, -0.1) is 0 Å². The summed E-state index contributed by atoms with van der Waals surface area (Å²) in [7, 11) is 0. The van der Waals surface area contributed by atoms with E-state index < -0.39 is 0 Å². The lowest BCUT2D eigenvalue weighted by atomic mass is 10.3. The first-order valence-electron chi connectivity index (χ1n) is 2.87. The average molecular weight is 163 g/mol. The van der Waals surface area contributed by atoms with Crippen molar-refractivity contribution in [2.24, 2.45) is 0 Å². The summed E-state index contributed by atoms with van der Waals surface area (Å²) < 4.78 is 0. The molecule has 1 atom stereocenters. The smallest absolute Gasteiger partial charge is 0.276 e. The number of rotatable bonds is 2. The molecule has 52 valence electrons. The Balaban J connectivity index is 1.97. The van der Waals surface area contributed by atoms with Gasteiger partial charge in [-0.25, -0.2) is 0 Å². The molecule has 1 amide bonds. The molecule has 1 aliphatic rings. The first kappa shape index (κ1) is 7.28. The molecule has 1 saturated heterocycles. The molecule has 1 unspecified atom stereocenters. The minimum absolute atomic E-state index is 0.220. The van der Waals surface area contributed by atoms with Gasteiger partial charge in [-0.2, -0.15) is 11.8 Å². The highest BCUT2D eigenvalue weighted by Gasteiger charge is 2.17. The number of thiol groups is 1. The summed E-state index contributed by atoms with van der Waals surface area (Å²) in [6.07, 6.45) is 1.23. The van der Waals surface area contributed by atoms with E-state index in [0.29, 0.717) is 5.25 Å². The molecular formula is C5H9NOS2. The number of carbonyl (C=O) groups is 1. The molecule has 9 heavy (non-hydrogen) atoms. The Morgan fingerprint density at radius 1 is 1.89 bits per heavy atom. The molecule has 0 saturated carbocycles. The Morgan fingerprint density at radius 2 is 2.56 bits per heavy atom. The number of nitrogens with one attached hydrogen (secondary N) is 1. The molecule has 1 fully saturated rings. The van der Waals surface area contributed by atoms with Gasteiger partial charge in [0.15, 0.2) is 0 Å². The minimum atomic E-state index is -0.220. The molecule has 4 heteroatoms. The van der Waals surface area contributed by atoms with Gasteiger partial charge >= 0.3 is 0 Å². The largest absolute Gasteiger partial charge is 0.346 e. The van der Waals surface area contributed by atoms with Crippen LogP contribution in [-0.4, -0.2) is 22.8 Å². The van der Waals surface area contributed by atoms with Gasteiger partial charge in [0.2, 0.25) is 0 Å². The molecule has 1 N–H and O–H groups in total. The second-order valence-electron chi connectivity index (χ2n) is 1.97. The molecule has 0 aromatic heterocycles. The zero-order valence-corrected chi connectivity index (χ0v) is 6.67. The third-order valence-electron chi connectivity index (χ3n) is 1.27. The molecule has 1 rings (SSSR count). The van der Waals surface area contributed by atoms with Gasteiger partial charge in [0, 0.05) is 11.8 Å². The van der Waals surface area contributed by atoms with E-state index in [-0.39, 0.29) is 5.24 Å². The highest BCUT2D eigenvalue weighted by atomic mass is 32.2. The maximum Gasteiger partial charge on any atom is 0.276 e. The van der Waals surface area contributed by atoms with E-state index in [1.807, 2.05) is 11.8 Å². The van der Waals surface area contributed by atoms with E-state index in [0.717, 1.165) is 6.54 Å². The molecule has 1 aliphatic heterocycles. The zero-order chi connectivity index (χ0) is 6.69. The lowest BCUT2D eigenvalue weighted by Crippen LogP contribution is -2.31. The number of amides is 1. The van der Waals surface area contributed by atoms with Gasteiger partial charge < -0.3 is 5.32 Å². The van der Waals surface area contributed by atoms with Gasteiger partial charge in [-0.05, 0) is 12.2 Å². The van der Waals surface area contributed by atoms with Crippen molar-refractivity contribution < 1.29 is 4.79 Å². The Hall–Kier alpha value is 0.170. The molecule has 2 nitrogen and oxygen atoms in total. The number of thioether (sulfide) groups is 1. The Morgan fingerprint density at radius 3 is 2.89 bits per heavy atom. The van der Waals surface area contributed by atoms with Crippen LogP contribution in [0.4, 0.5) is 4.79 Å². The highest BCUT2D eigenvalue weighted by molar-refractivity contribution is 8.01. The van der Waals surface area contributed by atoms with E-state index in [1.165, 1.54) is 12.2 Å². The van der Waals surface area contributed by atoms with Crippen LogP contribution in [0.5, 0.6) is 0 Å². The Bertz CT molecular complexity index is 114. The fourth-order valence-electron chi connectivity index (χ4n) is 0.647. The molecule has 0 aromatic carbocycles. The van der Waals surface area contributed by atoms with Crippen LogP contribution in [0.1, 0.15) is 6.42 Å². The SMILES string of the molecule is O=C(S)NCC1CCS1. The summed E-state index contributed by atoms with van der Waals surface area (Å²) in [6, 6.07) is 0. The standard InChI is InChI=1S/C5H9NOS2/c7-5(8)6-3-4-1-2-9-4/h4H,1-3H2,(H2,6,7,8). The fraction of sp³-hybridized carbons (Fsp3) is 0.800. The molecule has 0 radical (unpaired) electrons. The number of hydrogen-bond acceptors (Lipinski definition) is 2. The predicted octanol–water partition coefficient (Wildman–Crippen LogP) is 1.13. The molecule has 0 bridgehead atoms. The molecule has 0 aliphatic carbocycles. The first-order chi connectivity index (χ1) is 4.29. The van der Waals surface area contributed by atoms with Crippen molar-refractivity contribution in [3.8, 4) is 0 Å². The summed E-state index contributed by atoms with van der Waals surface area (Å²) in [4.78, 5) is 10.2. The van der Waals surface area contributed by atoms with Crippen molar-refractivity contribution in [1.29, 1.82) is 0 Å². The molecule has 0 spiro atoms. The van der Waals surface area contributed by atoms with Crippen LogP contribution in [0, 0.1) is 0 Å². The van der Waals surface area contributed by atoms with Crippen molar-refractivity contribution in [2.45, 2.75) is 11.7 Å². The average Bonchev–Trinajstić information content (AvgIpc) is 1.60. The van der Waals surface area contributed by atoms with Gasteiger partial charge in [0.1, 0.15) is 0 Å². The Kier molecular flexibility index (Phi) is 2.72. The van der Waals surface area contributed by atoms with Crippen LogP contribution in [-0.2, 0) is 0 Å². The number of carbonyl (C=O) groups excluding carboxylic acids is 1. The predicted molar refractivity (Wildman–Crippen MR) is 43.2 cm³/mol. The molecule has 0 aromatic rings. The van der Waals surface area contributed by atoms with Crippen molar-refractivity contribution in [2.75, 3.05) is 12.3 Å². The van der Waals surface area contributed by atoms with Crippen molar-refractivity contribution >= 4 is 29.6 Å². The summed E-state index contributed by atoms with van der Waals surface area (Å²) in [5.41, 5.74) is 0. The second kappa shape index (κ2) is 3.37. The summed E-state index contributed by atoms with van der Waals surface area (Å²) in [6.45, 7) is 0.785. The second-order valence-corrected chi connectivity index (χ2v) is 3.78. The van der Waals surface area contributed by atoms with E-state index in [2.05, 4.69) is 17.9 Å². The van der Waals surface area contributed by atoms with Crippen molar-refractivity contribution in [3.05, 3.63) is 0 Å². The van der Waals surface area contributed by atoms with E-state index in [9.17, 15) is 4.79 Å². The maximum atomic E-state index is 10.2. The van der Waals surface area contributed by atoms with Gasteiger partial charge in [-0.3, -0.25) is 4.79 Å². The minimum Gasteiger partial charge on any atom is -0.346 e. The topological polar surface area (TPSA) is 29.1 Å². The van der Waals surface area contributed by atoms with Crippen LogP contribution < -0.4 is 5.32 Å². The number of hydrogen-bond donors (Lipinski definition) is 2. The Labute approximate surface area is 64.2 Å². The summed E-state index contributed by atoms with van der Waals surface area (Å²) in [5, 5.41) is 3.09.